The highest BCUT2D eigenvalue weighted by molar-refractivity contribution is 9.10. The largest absolute Gasteiger partial charge is 0.331 e. The van der Waals surface area contributed by atoms with Crippen LogP contribution in [0.15, 0.2) is 64.0 Å². The van der Waals surface area contributed by atoms with Gasteiger partial charge in [-0.2, -0.15) is 4.31 Å². The zero-order valence-electron chi connectivity index (χ0n) is 23.9. The number of carbonyl (C=O) groups excluding carboxylic acids is 1. The summed E-state index contributed by atoms with van der Waals surface area (Å²) in [5.41, 5.74) is 7.19. The van der Waals surface area contributed by atoms with Gasteiger partial charge < -0.3 is 10.2 Å². The Morgan fingerprint density at radius 2 is 1.45 bits per heavy atom. The fourth-order valence-electron chi connectivity index (χ4n) is 6.14. The van der Waals surface area contributed by atoms with Crippen molar-refractivity contribution in [2.45, 2.75) is 57.9 Å². The van der Waals surface area contributed by atoms with Gasteiger partial charge in [-0.05, 0) is 104 Å². The van der Waals surface area contributed by atoms with Crippen molar-refractivity contribution in [3.63, 3.8) is 0 Å². The van der Waals surface area contributed by atoms with Gasteiger partial charge in [-0.15, -0.1) is 0 Å². The molecule has 1 aliphatic carbocycles. The number of hydrogen-bond acceptors (Lipinski definition) is 3. The van der Waals surface area contributed by atoms with Gasteiger partial charge in [0.05, 0.1) is 10.9 Å². The summed E-state index contributed by atoms with van der Waals surface area (Å²) in [6.45, 7) is 11.1. The Kier molecular flexibility index (Phi) is 8.15. The van der Waals surface area contributed by atoms with Gasteiger partial charge >= 0.3 is 6.03 Å². The average Bonchev–Trinajstić information content (AvgIpc) is 3.75. The van der Waals surface area contributed by atoms with Gasteiger partial charge in [-0.3, -0.25) is 0 Å². The predicted molar refractivity (Wildman–Crippen MR) is 163 cm³/mol. The van der Waals surface area contributed by atoms with Crippen LogP contribution in [0.5, 0.6) is 0 Å². The second-order valence-corrected chi connectivity index (χ2v) is 14.0. The molecule has 3 atom stereocenters. The zero-order chi connectivity index (χ0) is 28.8. The lowest BCUT2D eigenvalue weighted by atomic mass is 9.95. The second kappa shape index (κ2) is 11.3. The maximum atomic E-state index is 13.8. The third kappa shape index (κ3) is 5.46. The van der Waals surface area contributed by atoms with Gasteiger partial charge in [0.25, 0.3) is 0 Å². The zero-order valence-corrected chi connectivity index (χ0v) is 26.3. The molecule has 0 aromatic heterocycles. The van der Waals surface area contributed by atoms with E-state index in [-0.39, 0.29) is 25.2 Å². The molecule has 2 aliphatic rings. The number of halogens is 1. The minimum absolute atomic E-state index is 0.108. The number of amides is 2. The Morgan fingerprint density at radius 1 is 0.850 bits per heavy atom. The summed E-state index contributed by atoms with van der Waals surface area (Å²) >= 11 is 3.58. The molecule has 1 aliphatic heterocycles. The molecular formula is C32H38BrN3O3S. The van der Waals surface area contributed by atoms with Crippen LogP contribution in [0.1, 0.15) is 57.3 Å². The van der Waals surface area contributed by atoms with Gasteiger partial charge in [0.15, 0.2) is 0 Å². The van der Waals surface area contributed by atoms with E-state index in [4.69, 9.17) is 0 Å². The fourth-order valence-corrected chi connectivity index (χ4v) is 8.54. The number of nitrogens with one attached hydrogen (secondary N) is 1. The number of rotatable bonds is 6. The molecule has 212 valence electrons. The van der Waals surface area contributed by atoms with Crippen molar-refractivity contribution in [3.05, 3.63) is 98.0 Å². The number of sulfonamides is 1. The van der Waals surface area contributed by atoms with Crippen LogP contribution >= 0.6 is 15.9 Å². The van der Waals surface area contributed by atoms with Crippen molar-refractivity contribution >= 4 is 32.0 Å². The molecule has 3 unspecified atom stereocenters. The minimum Gasteiger partial charge on any atom is -0.331 e. The summed E-state index contributed by atoms with van der Waals surface area (Å²) < 4.78 is 30.2. The Bertz CT molecular complexity index is 1500. The summed E-state index contributed by atoms with van der Waals surface area (Å²) in [5.74, 6) is 0.694. The molecule has 1 N–H and O–H groups in total. The van der Waals surface area contributed by atoms with E-state index in [1.165, 1.54) is 5.56 Å². The monoisotopic (exact) mass is 623 g/mol. The van der Waals surface area contributed by atoms with Crippen molar-refractivity contribution < 1.29 is 13.2 Å². The molecule has 1 saturated heterocycles. The lowest BCUT2D eigenvalue weighted by Gasteiger charge is -2.36. The van der Waals surface area contributed by atoms with Crippen molar-refractivity contribution in [1.29, 1.82) is 0 Å². The number of benzene rings is 3. The highest BCUT2D eigenvalue weighted by atomic mass is 79.9. The van der Waals surface area contributed by atoms with Crippen molar-refractivity contribution in [1.82, 2.24) is 14.5 Å². The normalized spacial score (nSPS) is 20.3. The predicted octanol–water partition coefficient (Wildman–Crippen LogP) is 6.55. The summed E-state index contributed by atoms with van der Waals surface area (Å²) in [6, 6.07) is 18.3. The Balaban J connectivity index is 1.29. The van der Waals surface area contributed by atoms with Crippen LogP contribution in [-0.2, 0) is 10.0 Å². The van der Waals surface area contributed by atoms with Gasteiger partial charge in [0.2, 0.25) is 10.0 Å². The van der Waals surface area contributed by atoms with E-state index < -0.39 is 10.0 Å². The summed E-state index contributed by atoms with van der Waals surface area (Å²) in [7, 11) is -3.67. The topological polar surface area (TPSA) is 69.7 Å². The lowest BCUT2D eigenvalue weighted by molar-refractivity contribution is 0.167. The second-order valence-electron chi connectivity index (χ2n) is 11.2. The fraction of sp³-hybridized carbons (Fsp3) is 0.406. The molecule has 1 heterocycles. The van der Waals surface area contributed by atoms with Gasteiger partial charge in [0.1, 0.15) is 0 Å². The number of carbonyl (C=O) groups is 1. The van der Waals surface area contributed by atoms with Crippen molar-refractivity contribution in [3.8, 4) is 0 Å². The first-order chi connectivity index (χ1) is 19.0. The van der Waals surface area contributed by atoms with E-state index in [9.17, 15) is 13.2 Å². The number of piperazine rings is 1. The molecule has 6 nitrogen and oxygen atoms in total. The smallest absolute Gasteiger partial charge is 0.317 e. The van der Waals surface area contributed by atoms with Gasteiger partial charge in [0, 0.05) is 30.7 Å². The molecule has 3 aromatic rings. The molecule has 2 fully saturated rings. The molecule has 1 saturated carbocycles. The van der Waals surface area contributed by atoms with Crippen LogP contribution < -0.4 is 5.32 Å². The Hall–Kier alpha value is -2.68. The molecule has 0 radical (unpaired) electrons. The van der Waals surface area contributed by atoms with Gasteiger partial charge in [-0.25, -0.2) is 13.2 Å². The third-order valence-electron chi connectivity index (χ3n) is 9.04. The first kappa shape index (κ1) is 28.8. The number of hydrogen-bond donors (Lipinski definition) is 1. The van der Waals surface area contributed by atoms with Crippen LogP contribution in [0.25, 0.3) is 0 Å². The maximum Gasteiger partial charge on any atom is 0.317 e. The first-order valence-electron chi connectivity index (χ1n) is 13.9. The van der Waals surface area contributed by atoms with E-state index in [0.29, 0.717) is 29.8 Å². The van der Waals surface area contributed by atoms with E-state index >= 15 is 0 Å². The van der Waals surface area contributed by atoms with Gasteiger partial charge in [-0.1, -0.05) is 58.4 Å². The van der Waals surface area contributed by atoms with Crippen LogP contribution in [0.2, 0.25) is 0 Å². The van der Waals surface area contributed by atoms with Crippen LogP contribution in [0.3, 0.4) is 0 Å². The number of nitrogens with zero attached hydrogens (tertiary/aromatic N) is 2. The maximum absolute atomic E-state index is 13.8. The summed E-state index contributed by atoms with van der Waals surface area (Å²) in [6.07, 6.45) is 1.01. The first-order valence-corrected chi connectivity index (χ1v) is 16.2. The lowest BCUT2D eigenvalue weighted by Crippen LogP contribution is -2.53. The molecular weight excluding hydrogens is 586 g/mol. The number of urea groups is 1. The SMILES string of the molecule is Cc1c(C)c(C)c(S(=O)(=O)N2CCN(C(=O)NC(c3ccccc3)C3CC3c3cccc(Br)c3)CC2)c(C)c1C. The van der Waals surface area contributed by atoms with E-state index in [2.05, 4.69) is 51.6 Å². The summed E-state index contributed by atoms with van der Waals surface area (Å²) in [5, 5.41) is 3.31. The van der Waals surface area contributed by atoms with Crippen LogP contribution in [0.4, 0.5) is 4.79 Å². The molecule has 0 bridgehead atoms. The molecule has 40 heavy (non-hydrogen) atoms. The van der Waals surface area contributed by atoms with E-state index in [0.717, 1.165) is 44.3 Å². The van der Waals surface area contributed by atoms with Crippen molar-refractivity contribution in [2.75, 3.05) is 26.2 Å². The van der Waals surface area contributed by atoms with Crippen LogP contribution in [-0.4, -0.2) is 49.8 Å². The van der Waals surface area contributed by atoms with E-state index in [1.807, 2.05) is 58.9 Å². The molecule has 5 rings (SSSR count). The highest BCUT2D eigenvalue weighted by Crippen LogP contribution is 2.54. The minimum atomic E-state index is -3.67. The molecule has 2 amide bonds. The molecule has 0 spiro atoms. The quantitative estimate of drug-likeness (QED) is 0.338. The van der Waals surface area contributed by atoms with E-state index in [1.54, 1.807) is 9.21 Å². The Labute approximate surface area is 247 Å². The standard InChI is InChI=1S/C32H38BrN3O3S/c1-20-21(2)23(4)31(24(5)22(20)3)40(38,39)36-16-14-35(15-17-36)32(37)34-30(25-10-7-6-8-11-25)29-19-28(29)26-12-9-13-27(33)18-26/h6-13,18,28-30H,14-17,19H2,1-5H3,(H,34,37). The highest BCUT2D eigenvalue weighted by Gasteiger charge is 2.45. The molecule has 8 heteroatoms. The third-order valence-corrected chi connectivity index (χ3v) is 11.7. The Morgan fingerprint density at radius 3 is 2.05 bits per heavy atom. The van der Waals surface area contributed by atoms with Crippen molar-refractivity contribution in [2.24, 2.45) is 5.92 Å². The van der Waals surface area contributed by atoms with Crippen LogP contribution in [0, 0.1) is 40.5 Å². The average molecular weight is 625 g/mol. The molecule has 3 aromatic carbocycles. The summed E-state index contributed by atoms with van der Waals surface area (Å²) in [4.78, 5) is 15.7.